The Morgan fingerprint density at radius 2 is 2.11 bits per heavy atom. The van der Waals surface area contributed by atoms with Crippen molar-refractivity contribution in [2.75, 3.05) is 27.2 Å². The minimum Gasteiger partial charge on any atom is -0.314 e. The SMILES string of the molecule is CCNC(C)C(C)c1c(Br)cnn1CCN(C)C. The Morgan fingerprint density at radius 1 is 1.44 bits per heavy atom. The van der Waals surface area contributed by atoms with Crippen LogP contribution in [0, 0.1) is 0 Å². The van der Waals surface area contributed by atoms with Crippen LogP contribution >= 0.6 is 15.9 Å². The van der Waals surface area contributed by atoms with Crippen LogP contribution in [-0.2, 0) is 6.54 Å². The van der Waals surface area contributed by atoms with Crippen molar-refractivity contribution in [1.29, 1.82) is 0 Å². The lowest BCUT2D eigenvalue weighted by molar-refractivity contribution is 0.361. The Hall–Kier alpha value is -0.390. The van der Waals surface area contributed by atoms with Crippen molar-refractivity contribution in [2.45, 2.75) is 39.3 Å². The topological polar surface area (TPSA) is 33.1 Å². The highest BCUT2D eigenvalue weighted by molar-refractivity contribution is 9.10. The lowest BCUT2D eigenvalue weighted by atomic mass is 9.99. The zero-order chi connectivity index (χ0) is 13.7. The number of aromatic nitrogens is 2. The highest BCUT2D eigenvalue weighted by Gasteiger charge is 2.20. The first-order valence-corrected chi connectivity index (χ1v) is 7.36. The standard InChI is InChI=1S/C13H25BrN4/c1-6-15-11(3)10(2)13-12(14)9-16-18(13)8-7-17(4)5/h9-11,15H,6-8H2,1-5H3. The van der Waals surface area contributed by atoms with E-state index in [4.69, 9.17) is 0 Å². The Bertz CT molecular complexity index is 362. The molecule has 2 unspecified atom stereocenters. The highest BCUT2D eigenvalue weighted by Crippen LogP contribution is 2.27. The average molecular weight is 317 g/mol. The van der Waals surface area contributed by atoms with E-state index in [-0.39, 0.29) is 0 Å². The number of nitrogens with one attached hydrogen (secondary N) is 1. The Morgan fingerprint density at radius 3 is 2.67 bits per heavy atom. The second-order valence-corrected chi connectivity index (χ2v) is 5.89. The molecule has 0 aliphatic carbocycles. The maximum Gasteiger partial charge on any atom is 0.0635 e. The molecule has 2 atom stereocenters. The zero-order valence-corrected chi connectivity index (χ0v) is 13.7. The van der Waals surface area contributed by atoms with E-state index >= 15 is 0 Å². The first-order chi connectivity index (χ1) is 8.47. The summed E-state index contributed by atoms with van der Waals surface area (Å²) in [4.78, 5) is 2.18. The van der Waals surface area contributed by atoms with Gasteiger partial charge in [-0.15, -0.1) is 0 Å². The maximum atomic E-state index is 4.47. The van der Waals surface area contributed by atoms with Crippen LogP contribution in [0.1, 0.15) is 32.4 Å². The maximum absolute atomic E-state index is 4.47. The molecule has 0 amide bonds. The smallest absolute Gasteiger partial charge is 0.0635 e. The third kappa shape index (κ3) is 4.07. The van der Waals surface area contributed by atoms with Gasteiger partial charge in [0.2, 0.25) is 0 Å². The van der Waals surface area contributed by atoms with E-state index in [2.05, 4.69) is 70.8 Å². The van der Waals surface area contributed by atoms with Gasteiger partial charge in [-0.05, 0) is 43.5 Å². The molecule has 0 aliphatic rings. The number of rotatable bonds is 7. The fourth-order valence-corrected chi connectivity index (χ4v) is 2.69. The van der Waals surface area contributed by atoms with Gasteiger partial charge in [-0.1, -0.05) is 13.8 Å². The van der Waals surface area contributed by atoms with Gasteiger partial charge >= 0.3 is 0 Å². The molecule has 1 rings (SSSR count). The molecule has 18 heavy (non-hydrogen) atoms. The highest BCUT2D eigenvalue weighted by atomic mass is 79.9. The predicted octanol–water partition coefficient (Wildman–Crippen LogP) is 2.31. The normalized spacial score (nSPS) is 15.1. The number of likely N-dealkylation sites (N-methyl/N-ethyl adjacent to an activating group) is 2. The number of nitrogens with zero attached hydrogens (tertiary/aromatic N) is 3. The van der Waals surface area contributed by atoms with E-state index in [0.29, 0.717) is 12.0 Å². The lowest BCUT2D eigenvalue weighted by Gasteiger charge is -2.23. The van der Waals surface area contributed by atoms with Gasteiger partial charge in [0.1, 0.15) is 0 Å². The molecule has 0 aromatic carbocycles. The van der Waals surface area contributed by atoms with Gasteiger partial charge in [0, 0.05) is 18.5 Å². The van der Waals surface area contributed by atoms with Gasteiger partial charge in [-0.2, -0.15) is 5.10 Å². The summed E-state index contributed by atoms with van der Waals surface area (Å²) in [5, 5.41) is 7.95. The average Bonchev–Trinajstić information content (AvgIpc) is 2.67. The van der Waals surface area contributed by atoms with Crippen LogP contribution in [0.25, 0.3) is 0 Å². The molecule has 1 aromatic rings. The fraction of sp³-hybridized carbons (Fsp3) is 0.769. The molecule has 0 bridgehead atoms. The Labute approximate surface area is 119 Å². The van der Waals surface area contributed by atoms with Crippen molar-refractivity contribution in [3.05, 3.63) is 16.4 Å². The molecular weight excluding hydrogens is 292 g/mol. The fourth-order valence-electron chi connectivity index (χ4n) is 2.03. The van der Waals surface area contributed by atoms with E-state index in [1.165, 1.54) is 5.69 Å². The molecule has 4 nitrogen and oxygen atoms in total. The lowest BCUT2D eigenvalue weighted by Crippen LogP contribution is -2.32. The van der Waals surface area contributed by atoms with Crippen LogP contribution in [0.4, 0.5) is 0 Å². The van der Waals surface area contributed by atoms with Crippen molar-refractivity contribution in [1.82, 2.24) is 20.0 Å². The number of hydrogen-bond acceptors (Lipinski definition) is 3. The first-order valence-electron chi connectivity index (χ1n) is 6.56. The largest absolute Gasteiger partial charge is 0.314 e. The molecule has 5 heteroatoms. The second kappa shape index (κ2) is 7.26. The molecule has 1 aromatic heterocycles. The van der Waals surface area contributed by atoms with Gasteiger partial charge in [-0.25, -0.2) is 0 Å². The minimum absolute atomic E-state index is 0.434. The molecular formula is C13H25BrN4. The molecule has 0 aliphatic heterocycles. The van der Waals surface area contributed by atoms with E-state index in [0.717, 1.165) is 24.1 Å². The quantitative estimate of drug-likeness (QED) is 0.838. The third-order valence-corrected chi connectivity index (χ3v) is 3.91. The number of halogens is 1. The summed E-state index contributed by atoms with van der Waals surface area (Å²) in [7, 11) is 4.17. The van der Waals surface area contributed by atoms with Crippen LogP contribution < -0.4 is 5.32 Å². The summed E-state index contributed by atoms with van der Waals surface area (Å²) in [6.45, 7) is 9.54. The van der Waals surface area contributed by atoms with Gasteiger partial charge in [-0.3, -0.25) is 4.68 Å². The molecule has 0 saturated heterocycles. The molecule has 0 fully saturated rings. The second-order valence-electron chi connectivity index (χ2n) is 5.04. The van der Waals surface area contributed by atoms with Crippen molar-refractivity contribution < 1.29 is 0 Å². The Balaban J connectivity index is 2.82. The first kappa shape index (κ1) is 15.7. The third-order valence-electron chi connectivity index (χ3n) is 3.30. The van der Waals surface area contributed by atoms with Gasteiger partial charge in [0.25, 0.3) is 0 Å². The molecule has 0 spiro atoms. The van der Waals surface area contributed by atoms with Crippen molar-refractivity contribution in [2.24, 2.45) is 0 Å². The summed E-state index contributed by atoms with van der Waals surface area (Å²) in [5.74, 6) is 0.434. The summed E-state index contributed by atoms with van der Waals surface area (Å²) < 4.78 is 3.22. The van der Waals surface area contributed by atoms with Crippen molar-refractivity contribution >= 4 is 15.9 Å². The van der Waals surface area contributed by atoms with Gasteiger partial charge in [0.15, 0.2) is 0 Å². The van der Waals surface area contributed by atoms with Gasteiger partial charge in [0.05, 0.1) is 22.9 Å². The van der Waals surface area contributed by atoms with Crippen LogP contribution in [0.2, 0.25) is 0 Å². The van der Waals surface area contributed by atoms with E-state index in [9.17, 15) is 0 Å². The summed E-state index contributed by atoms with van der Waals surface area (Å²) in [5.41, 5.74) is 1.28. The molecule has 104 valence electrons. The van der Waals surface area contributed by atoms with E-state index in [1.54, 1.807) is 0 Å². The summed E-state index contributed by atoms with van der Waals surface area (Å²) >= 11 is 3.62. The molecule has 1 heterocycles. The van der Waals surface area contributed by atoms with Crippen molar-refractivity contribution in [3.63, 3.8) is 0 Å². The van der Waals surface area contributed by atoms with Crippen LogP contribution in [0.15, 0.2) is 10.7 Å². The monoisotopic (exact) mass is 316 g/mol. The van der Waals surface area contributed by atoms with Crippen LogP contribution in [-0.4, -0.2) is 47.9 Å². The minimum atomic E-state index is 0.434. The number of hydrogen-bond donors (Lipinski definition) is 1. The predicted molar refractivity (Wildman–Crippen MR) is 80.0 cm³/mol. The van der Waals surface area contributed by atoms with Crippen LogP contribution in [0.3, 0.4) is 0 Å². The molecule has 0 saturated carbocycles. The van der Waals surface area contributed by atoms with E-state index < -0.39 is 0 Å². The van der Waals surface area contributed by atoms with E-state index in [1.807, 2.05) is 6.20 Å². The summed E-state index contributed by atoms with van der Waals surface area (Å²) in [6, 6.07) is 0.445. The van der Waals surface area contributed by atoms with Gasteiger partial charge < -0.3 is 10.2 Å². The molecule has 1 N–H and O–H groups in total. The van der Waals surface area contributed by atoms with Crippen molar-refractivity contribution in [3.8, 4) is 0 Å². The zero-order valence-electron chi connectivity index (χ0n) is 12.1. The summed E-state index contributed by atoms with van der Waals surface area (Å²) in [6.07, 6.45) is 1.90. The Kier molecular flexibility index (Phi) is 6.32. The van der Waals surface area contributed by atoms with Crippen LogP contribution in [0.5, 0.6) is 0 Å². The molecule has 0 radical (unpaired) electrons.